The Hall–Kier alpha value is -1.58. The van der Waals surface area contributed by atoms with Gasteiger partial charge in [-0.05, 0) is 55.4 Å². The van der Waals surface area contributed by atoms with E-state index < -0.39 is 6.03 Å². The van der Waals surface area contributed by atoms with E-state index >= 15 is 0 Å². The first kappa shape index (κ1) is 14.4. The van der Waals surface area contributed by atoms with Crippen LogP contribution in [0.2, 0.25) is 0 Å². The second-order valence-corrected chi connectivity index (χ2v) is 6.46. The van der Waals surface area contributed by atoms with E-state index in [2.05, 4.69) is 0 Å². The molecule has 21 heavy (non-hydrogen) atoms. The highest BCUT2D eigenvalue weighted by Crippen LogP contribution is 2.42. The number of urea groups is 1. The van der Waals surface area contributed by atoms with Crippen LogP contribution in [0.15, 0.2) is 24.3 Å². The summed E-state index contributed by atoms with van der Waals surface area (Å²) in [7, 11) is 0. The quantitative estimate of drug-likeness (QED) is 0.876. The Bertz CT molecular complexity index is 502. The molecule has 2 fully saturated rings. The Kier molecular flexibility index (Phi) is 4.13. The molecule has 4 heteroatoms. The minimum absolute atomic E-state index is 0.160. The fourth-order valence-electron chi connectivity index (χ4n) is 4.20. The summed E-state index contributed by atoms with van der Waals surface area (Å²) >= 11 is 0. The molecule has 0 heterocycles. The van der Waals surface area contributed by atoms with Crippen molar-refractivity contribution in [1.29, 1.82) is 0 Å². The van der Waals surface area contributed by atoms with Crippen molar-refractivity contribution < 1.29 is 9.18 Å². The Morgan fingerprint density at radius 3 is 2.38 bits per heavy atom. The fraction of sp³-hybridized carbons (Fsp3) is 0.588. The summed E-state index contributed by atoms with van der Waals surface area (Å²) in [6.07, 6.45) is 8.48. The van der Waals surface area contributed by atoms with Crippen molar-refractivity contribution in [1.82, 2.24) is 0 Å². The summed E-state index contributed by atoms with van der Waals surface area (Å²) in [6, 6.07) is 5.79. The molecule has 0 radical (unpaired) electrons. The molecule has 0 spiro atoms. The molecule has 2 saturated carbocycles. The van der Waals surface area contributed by atoms with Crippen molar-refractivity contribution in [2.75, 3.05) is 4.90 Å². The lowest BCUT2D eigenvalue weighted by Gasteiger charge is -2.43. The number of carbonyl (C=O) groups excluding carboxylic acids is 1. The number of carbonyl (C=O) groups is 1. The van der Waals surface area contributed by atoms with Gasteiger partial charge in [0, 0.05) is 11.7 Å². The van der Waals surface area contributed by atoms with E-state index in [1.165, 1.54) is 44.2 Å². The molecule has 0 aromatic heterocycles. The van der Waals surface area contributed by atoms with Crippen molar-refractivity contribution in [3.05, 3.63) is 30.1 Å². The second kappa shape index (κ2) is 6.04. The number of rotatable bonds is 2. The highest BCUT2D eigenvalue weighted by molar-refractivity contribution is 5.91. The first-order chi connectivity index (χ1) is 10.1. The number of halogens is 1. The summed E-state index contributed by atoms with van der Waals surface area (Å²) in [5, 5.41) is 0. The van der Waals surface area contributed by atoms with Gasteiger partial charge in [-0.2, -0.15) is 0 Å². The molecule has 114 valence electrons. The van der Waals surface area contributed by atoms with Gasteiger partial charge >= 0.3 is 6.03 Å². The zero-order valence-electron chi connectivity index (χ0n) is 12.3. The van der Waals surface area contributed by atoms with Crippen molar-refractivity contribution in [2.45, 2.75) is 51.0 Å². The van der Waals surface area contributed by atoms with Crippen molar-refractivity contribution in [2.24, 2.45) is 17.6 Å². The molecule has 3 nitrogen and oxygen atoms in total. The van der Waals surface area contributed by atoms with Crippen molar-refractivity contribution in [3.63, 3.8) is 0 Å². The Morgan fingerprint density at radius 1 is 1.05 bits per heavy atom. The number of hydrogen-bond acceptors (Lipinski definition) is 1. The Morgan fingerprint density at radius 2 is 1.71 bits per heavy atom. The average Bonchev–Trinajstić information content (AvgIpc) is 2.49. The van der Waals surface area contributed by atoms with Crippen LogP contribution in [-0.4, -0.2) is 12.1 Å². The number of hydrogen-bond donors (Lipinski definition) is 1. The first-order valence-electron chi connectivity index (χ1n) is 7.99. The van der Waals surface area contributed by atoms with Gasteiger partial charge in [0.05, 0.1) is 0 Å². The standard InChI is InChI=1S/C17H23FN2O/c18-14-6-9-15(10-7-14)20(17(19)21)16-8-5-12-3-1-2-4-13(12)11-16/h6-7,9-10,12-13,16H,1-5,8,11H2,(H2,19,21). The van der Waals surface area contributed by atoms with Crippen molar-refractivity contribution >= 4 is 11.7 Å². The van der Waals surface area contributed by atoms with Gasteiger partial charge in [-0.25, -0.2) is 9.18 Å². The monoisotopic (exact) mass is 290 g/mol. The third-order valence-electron chi connectivity index (χ3n) is 5.22. The van der Waals surface area contributed by atoms with E-state index in [0.29, 0.717) is 5.69 Å². The first-order valence-corrected chi connectivity index (χ1v) is 7.99. The fourth-order valence-corrected chi connectivity index (χ4v) is 4.20. The summed E-state index contributed by atoms with van der Waals surface area (Å²) in [5.41, 5.74) is 6.31. The molecule has 1 aromatic rings. The largest absolute Gasteiger partial charge is 0.351 e. The van der Waals surface area contributed by atoms with E-state index in [1.54, 1.807) is 17.0 Å². The zero-order chi connectivity index (χ0) is 14.8. The van der Waals surface area contributed by atoms with Gasteiger partial charge in [-0.3, -0.25) is 4.90 Å². The van der Waals surface area contributed by atoms with E-state index in [9.17, 15) is 9.18 Å². The molecular formula is C17H23FN2O. The zero-order valence-corrected chi connectivity index (χ0v) is 12.3. The van der Waals surface area contributed by atoms with E-state index in [1.807, 2.05) is 0 Å². The van der Waals surface area contributed by atoms with Gasteiger partial charge in [-0.15, -0.1) is 0 Å². The van der Waals surface area contributed by atoms with Gasteiger partial charge in [0.15, 0.2) is 0 Å². The number of amides is 2. The van der Waals surface area contributed by atoms with Crippen molar-refractivity contribution in [3.8, 4) is 0 Å². The molecule has 3 unspecified atom stereocenters. The van der Waals surface area contributed by atoms with Crippen LogP contribution in [0.5, 0.6) is 0 Å². The smallest absolute Gasteiger partial charge is 0.319 e. The van der Waals surface area contributed by atoms with Crippen LogP contribution in [0.3, 0.4) is 0 Å². The minimum Gasteiger partial charge on any atom is -0.351 e. The average molecular weight is 290 g/mol. The lowest BCUT2D eigenvalue weighted by atomic mass is 9.69. The topological polar surface area (TPSA) is 46.3 Å². The normalized spacial score (nSPS) is 28.7. The minimum atomic E-state index is -0.430. The summed E-state index contributed by atoms with van der Waals surface area (Å²) in [5.74, 6) is 1.26. The van der Waals surface area contributed by atoms with Crippen LogP contribution in [0.1, 0.15) is 44.9 Å². The number of benzene rings is 1. The highest BCUT2D eigenvalue weighted by Gasteiger charge is 2.36. The lowest BCUT2D eigenvalue weighted by molar-refractivity contribution is 0.154. The lowest BCUT2D eigenvalue weighted by Crippen LogP contribution is -2.47. The number of primary amides is 1. The molecular weight excluding hydrogens is 267 g/mol. The SMILES string of the molecule is NC(=O)N(c1ccc(F)cc1)C1CCC2CCCCC2C1. The third-order valence-corrected chi connectivity index (χ3v) is 5.22. The predicted octanol–water partition coefficient (Wildman–Crippen LogP) is 4.07. The molecule has 3 atom stereocenters. The maximum atomic E-state index is 13.1. The summed E-state index contributed by atoms with van der Waals surface area (Å²) in [6.45, 7) is 0. The molecule has 2 amide bonds. The van der Waals surface area contributed by atoms with Gasteiger partial charge in [0.25, 0.3) is 0 Å². The van der Waals surface area contributed by atoms with Crippen LogP contribution in [-0.2, 0) is 0 Å². The number of anilines is 1. The highest BCUT2D eigenvalue weighted by atomic mass is 19.1. The number of nitrogens with two attached hydrogens (primary N) is 1. The van der Waals surface area contributed by atoms with Gasteiger partial charge in [-0.1, -0.05) is 25.7 Å². The molecule has 1 aromatic carbocycles. The van der Waals surface area contributed by atoms with Crippen LogP contribution in [0.25, 0.3) is 0 Å². The molecule has 0 bridgehead atoms. The molecule has 3 rings (SSSR count). The van der Waals surface area contributed by atoms with Crippen LogP contribution < -0.4 is 10.6 Å². The molecule has 2 aliphatic rings. The number of nitrogens with zero attached hydrogens (tertiary/aromatic N) is 1. The third kappa shape index (κ3) is 3.04. The summed E-state index contributed by atoms with van der Waals surface area (Å²) in [4.78, 5) is 13.6. The van der Waals surface area contributed by atoms with E-state index in [-0.39, 0.29) is 11.9 Å². The van der Waals surface area contributed by atoms with Crippen LogP contribution in [0, 0.1) is 17.7 Å². The molecule has 2 N–H and O–H groups in total. The maximum Gasteiger partial charge on any atom is 0.319 e. The van der Waals surface area contributed by atoms with Gasteiger partial charge in [0.1, 0.15) is 5.82 Å². The van der Waals surface area contributed by atoms with E-state index in [0.717, 1.165) is 24.7 Å². The summed E-state index contributed by atoms with van der Waals surface area (Å²) < 4.78 is 13.1. The van der Waals surface area contributed by atoms with Crippen LogP contribution in [0.4, 0.5) is 14.9 Å². The molecule has 0 aliphatic heterocycles. The van der Waals surface area contributed by atoms with Gasteiger partial charge in [0.2, 0.25) is 0 Å². The number of fused-ring (bicyclic) bond motifs is 1. The van der Waals surface area contributed by atoms with E-state index in [4.69, 9.17) is 5.73 Å². The molecule has 2 aliphatic carbocycles. The Labute approximate surface area is 125 Å². The molecule has 0 saturated heterocycles. The Balaban J connectivity index is 1.78. The second-order valence-electron chi connectivity index (χ2n) is 6.46. The van der Waals surface area contributed by atoms with Gasteiger partial charge < -0.3 is 5.73 Å². The van der Waals surface area contributed by atoms with Crippen LogP contribution >= 0.6 is 0 Å². The maximum absolute atomic E-state index is 13.1. The predicted molar refractivity (Wildman–Crippen MR) is 81.5 cm³/mol.